The number of benzene rings is 2. The highest BCUT2D eigenvalue weighted by Crippen LogP contribution is 2.37. The van der Waals surface area contributed by atoms with Crippen LogP contribution in [0.15, 0.2) is 36.4 Å². The standard InChI is InChI=1S/C15H8F6N4O/c16-14(17,18)8-4-9(15(19,20)21)6-10(5-8)22-13(26)7-1-2-11-12(3-7)24-25-23-11/h1-6H,(H,22,26)(H,23,24,25). The third kappa shape index (κ3) is 3.60. The van der Waals surface area contributed by atoms with Crippen LogP contribution in [0.2, 0.25) is 0 Å². The lowest BCUT2D eigenvalue weighted by atomic mass is 10.1. The lowest BCUT2D eigenvalue weighted by Gasteiger charge is -2.14. The van der Waals surface area contributed by atoms with Crippen LogP contribution in [-0.2, 0) is 12.4 Å². The minimum absolute atomic E-state index is 0.00243. The van der Waals surface area contributed by atoms with Crippen molar-refractivity contribution in [2.24, 2.45) is 0 Å². The second-order valence-corrected chi connectivity index (χ2v) is 5.28. The smallest absolute Gasteiger partial charge is 0.322 e. The summed E-state index contributed by atoms with van der Waals surface area (Å²) in [7, 11) is 0. The largest absolute Gasteiger partial charge is 0.416 e. The minimum atomic E-state index is -5.00. The monoisotopic (exact) mass is 374 g/mol. The normalized spacial score (nSPS) is 12.4. The second kappa shape index (κ2) is 6.00. The zero-order chi connectivity index (χ0) is 19.1. The summed E-state index contributed by atoms with van der Waals surface area (Å²) < 4.78 is 77.0. The van der Waals surface area contributed by atoms with Crippen molar-refractivity contribution >= 4 is 22.6 Å². The summed E-state index contributed by atoms with van der Waals surface area (Å²) in [6.07, 6.45) is -10.00. The van der Waals surface area contributed by atoms with E-state index in [1.807, 2.05) is 5.32 Å². The van der Waals surface area contributed by atoms with Gasteiger partial charge in [0.05, 0.1) is 11.1 Å². The van der Waals surface area contributed by atoms with Gasteiger partial charge in [0.2, 0.25) is 0 Å². The molecule has 0 aliphatic rings. The Hall–Kier alpha value is -3.11. The van der Waals surface area contributed by atoms with E-state index in [-0.39, 0.29) is 11.6 Å². The van der Waals surface area contributed by atoms with Gasteiger partial charge in [-0.05, 0) is 36.4 Å². The molecule has 0 aliphatic carbocycles. The Morgan fingerprint density at radius 1 is 0.846 bits per heavy atom. The zero-order valence-corrected chi connectivity index (χ0v) is 12.5. The molecule has 0 atom stereocenters. The first-order chi connectivity index (χ1) is 12.0. The Bertz CT molecular complexity index is 944. The van der Waals surface area contributed by atoms with Gasteiger partial charge in [-0.3, -0.25) is 4.79 Å². The molecule has 11 heteroatoms. The fraction of sp³-hybridized carbons (Fsp3) is 0.133. The molecule has 0 spiro atoms. The number of halogens is 6. The summed E-state index contributed by atoms with van der Waals surface area (Å²) in [6.45, 7) is 0. The van der Waals surface area contributed by atoms with Crippen LogP contribution in [-0.4, -0.2) is 21.3 Å². The van der Waals surface area contributed by atoms with Gasteiger partial charge in [0.1, 0.15) is 11.0 Å². The summed E-state index contributed by atoms with van der Waals surface area (Å²) in [6, 6.07) is 4.90. The van der Waals surface area contributed by atoms with Gasteiger partial charge in [-0.2, -0.15) is 41.8 Å². The molecular weight excluding hydrogens is 366 g/mol. The number of carbonyl (C=O) groups excluding carboxylic acids is 1. The molecule has 3 rings (SSSR count). The third-order valence-corrected chi connectivity index (χ3v) is 3.42. The molecule has 26 heavy (non-hydrogen) atoms. The van der Waals surface area contributed by atoms with Crippen LogP contribution in [0, 0.1) is 0 Å². The molecule has 0 radical (unpaired) electrons. The Morgan fingerprint density at radius 3 is 2.00 bits per heavy atom. The van der Waals surface area contributed by atoms with Crippen LogP contribution < -0.4 is 5.32 Å². The van der Waals surface area contributed by atoms with Gasteiger partial charge in [-0.1, -0.05) is 0 Å². The highest BCUT2D eigenvalue weighted by molar-refractivity contribution is 6.05. The number of nitrogens with zero attached hydrogens (tertiary/aromatic N) is 2. The van der Waals surface area contributed by atoms with Crippen molar-refractivity contribution in [2.45, 2.75) is 12.4 Å². The molecule has 5 nitrogen and oxygen atoms in total. The number of alkyl halides is 6. The van der Waals surface area contributed by atoms with Crippen molar-refractivity contribution in [3.63, 3.8) is 0 Å². The maximum atomic E-state index is 12.8. The summed E-state index contributed by atoms with van der Waals surface area (Å²) >= 11 is 0. The van der Waals surface area contributed by atoms with E-state index in [1.165, 1.54) is 18.2 Å². The van der Waals surface area contributed by atoms with Gasteiger partial charge in [0.25, 0.3) is 5.91 Å². The number of nitrogens with one attached hydrogen (secondary N) is 2. The van der Waals surface area contributed by atoms with Crippen LogP contribution in [0.3, 0.4) is 0 Å². The number of H-pyrrole nitrogens is 1. The van der Waals surface area contributed by atoms with Gasteiger partial charge in [0, 0.05) is 11.3 Å². The van der Waals surface area contributed by atoms with Crippen molar-refractivity contribution in [1.29, 1.82) is 0 Å². The fourth-order valence-corrected chi connectivity index (χ4v) is 2.21. The van der Waals surface area contributed by atoms with E-state index in [2.05, 4.69) is 15.4 Å². The Morgan fingerprint density at radius 2 is 1.42 bits per heavy atom. The summed E-state index contributed by atoms with van der Waals surface area (Å²) in [5.41, 5.74) is -2.91. The maximum absolute atomic E-state index is 12.8. The van der Waals surface area contributed by atoms with Crippen molar-refractivity contribution < 1.29 is 31.1 Å². The number of hydrogen-bond acceptors (Lipinski definition) is 3. The van der Waals surface area contributed by atoms with Crippen molar-refractivity contribution in [3.05, 3.63) is 53.1 Å². The van der Waals surface area contributed by atoms with E-state index in [4.69, 9.17) is 0 Å². The molecular formula is C15H8F6N4O. The molecule has 136 valence electrons. The van der Waals surface area contributed by atoms with Gasteiger partial charge >= 0.3 is 12.4 Å². The Kier molecular flexibility index (Phi) is 4.09. The van der Waals surface area contributed by atoms with E-state index in [1.54, 1.807) is 0 Å². The predicted molar refractivity (Wildman–Crippen MR) is 78.3 cm³/mol. The first-order valence-electron chi connectivity index (χ1n) is 6.95. The van der Waals surface area contributed by atoms with Gasteiger partial charge in [0.15, 0.2) is 0 Å². The maximum Gasteiger partial charge on any atom is 0.416 e. The molecule has 2 aromatic carbocycles. The van der Waals surface area contributed by atoms with E-state index in [0.717, 1.165) is 0 Å². The lowest BCUT2D eigenvalue weighted by Crippen LogP contribution is -2.15. The molecule has 0 saturated carbocycles. The molecule has 3 aromatic rings. The first-order valence-corrected chi connectivity index (χ1v) is 6.95. The quantitative estimate of drug-likeness (QED) is 0.659. The fourth-order valence-electron chi connectivity index (χ4n) is 2.21. The second-order valence-electron chi connectivity index (χ2n) is 5.28. The molecule has 0 unspecified atom stereocenters. The number of hydrogen-bond donors (Lipinski definition) is 2. The number of aromatic amines is 1. The van der Waals surface area contributed by atoms with E-state index in [9.17, 15) is 31.1 Å². The molecule has 0 aliphatic heterocycles. The summed E-state index contributed by atoms with van der Waals surface area (Å²) in [4.78, 5) is 12.2. The number of aromatic nitrogens is 3. The van der Waals surface area contributed by atoms with Crippen molar-refractivity contribution in [1.82, 2.24) is 15.4 Å². The van der Waals surface area contributed by atoms with E-state index in [0.29, 0.717) is 23.2 Å². The van der Waals surface area contributed by atoms with Crippen LogP contribution >= 0.6 is 0 Å². The third-order valence-electron chi connectivity index (χ3n) is 3.42. The van der Waals surface area contributed by atoms with Crippen LogP contribution in [0.5, 0.6) is 0 Å². The molecule has 1 aromatic heterocycles. The van der Waals surface area contributed by atoms with Crippen molar-refractivity contribution in [2.75, 3.05) is 5.32 Å². The number of fused-ring (bicyclic) bond motifs is 1. The van der Waals surface area contributed by atoms with Crippen LogP contribution in [0.1, 0.15) is 21.5 Å². The topological polar surface area (TPSA) is 70.7 Å². The molecule has 0 saturated heterocycles. The lowest BCUT2D eigenvalue weighted by molar-refractivity contribution is -0.143. The van der Waals surface area contributed by atoms with Crippen LogP contribution in [0.25, 0.3) is 11.0 Å². The molecule has 0 bridgehead atoms. The highest BCUT2D eigenvalue weighted by atomic mass is 19.4. The van der Waals surface area contributed by atoms with Crippen molar-refractivity contribution in [3.8, 4) is 0 Å². The number of anilines is 1. The van der Waals surface area contributed by atoms with Gasteiger partial charge < -0.3 is 5.32 Å². The zero-order valence-electron chi connectivity index (χ0n) is 12.5. The Labute approximate surface area is 141 Å². The van der Waals surface area contributed by atoms with Gasteiger partial charge in [-0.25, -0.2) is 0 Å². The molecule has 1 heterocycles. The predicted octanol–water partition coefficient (Wildman–Crippen LogP) is 4.25. The SMILES string of the molecule is O=C(Nc1cc(C(F)(F)F)cc(C(F)(F)F)c1)c1ccc2n[nH]nc2c1. The average molecular weight is 374 g/mol. The summed E-state index contributed by atoms with van der Waals surface area (Å²) in [5, 5.41) is 11.9. The number of carbonyl (C=O) groups is 1. The molecule has 1 amide bonds. The van der Waals surface area contributed by atoms with E-state index < -0.39 is 35.1 Å². The summed E-state index contributed by atoms with van der Waals surface area (Å²) in [5.74, 6) is -0.887. The number of amides is 1. The number of rotatable bonds is 2. The van der Waals surface area contributed by atoms with Crippen LogP contribution in [0.4, 0.5) is 32.0 Å². The van der Waals surface area contributed by atoms with Gasteiger partial charge in [-0.15, -0.1) is 0 Å². The molecule has 0 fully saturated rings. The minimum Gasteiger partial charge on any atom is -0.322 e. The highest BCUT2D eigenvalue weighted by Gasteiger charge is 2.37. The Balaban J connectivity index is 1.96. The average Bonchev–Trinajstić information content (AvgIpc) is 3.00. The van der Waals surface area contributed by atoms with E-state index >= 15 is 0 Å². The molecule has 2 N–H and O–H groups in total. The first kappa shape index (κ1) is 17.7.